The van der Waals surface area contributed by atoms with Gasteiger partial charge in [-0.2, -0.15) is 15.3 Å². The minimum Gasteiger partial charge on any atom is -0.388 e. The van der Waals surface area contributed by atoms with Crippen LogP contribution < -0.4 is 0 Å². The zero-order valence-corrected chi connectivity index (χ0v) is 41.1. The molecule has 13 nitrogen and oxygen atoms in total. The summed E-state index contributed by atoms with van der Waals surface area (Å²) in [7, 11) is -3.22. The largest absolute Gasteiger partial charge is 0.388 e. The molecule has 6 fully saturated rings. The maximum atomic E-state index is 14.6. The van der Waals surface area contributed by atoms with E-state index in [1.165, 1.54) is 12.3 Å². The Labute approximate surface area is 411 Å². The second-order valence-corrected chi connectivity index (χ2v) is 24.0. The highest BCUT2D eigenvalue weighted by Gasteiger charge is 2.61. The molecule has 3 aromatic carbocycles. The Hall–Kier alpha value is -3.59. The van der Waals surface area contributed by atoms with E-state index >= 15 is 0 Å². The molecule has 3 aromatic heterocycles. The molecule has 0 spiro atoms. The molecule has 374 valence electrons. The number of fused-ring (bicyclic) bond motifs is 8. The monoisotopic (exact) mass is 1040 g/mol. The van der Waals surface area contributed by atoms with E-state index in [2.05, 4.69) is 30.6 Å². The quantitative estimate of drug-likeness (QED) is 0.0651. The summed E-state index contributed by atoms with van der Waals surface area (Å²) in [5.41, 5.74) is -0.800. The van der Waals surface area contributed by atoms with Crippen molar-refractivity contribution < 1.29 is 46.4 Å². The van der Waals surface area contributed by atoms with E-state index in [1.54, 1.807) is 42.7 Å². The van der Waals surface area contributed by atoms with Crippen molar-refractivity contribution >= 4 is 77.5 Å². The van der Waals surface area contributed by atoms with Gasteiger partial charge in [-0.3, -0.25) is 15.3 Å². The first-order valence-electron chi connectivity index (χ1n) is 23.5. The number of alkyl halides is 2. The summed E-state index contributed by atoms with van der Waals surface area (Å²) < 4.78 is 84.2. The summed E-state index contributed by atoms with van der Waals surface area (Å²) in [4.78, 5) is 0. The molecule has 6 aromatic rings. The molecule has 1 saturated heterocycles. The van der Waals surface area contributed by atoms with Gasteiger partial charge in [0, 0.05) is 56.4 Å². The molecule has 4 bridgehead atoms. The van der Waals surface area contributed by atoms with Gasteiger partial charge in [0.05, 0.1) is 62.6 Å². The standard InChI is InChI=1S/C19H26ClN3O3S.C16H18ClFN2O.C13H12ClF3N2O2/c1-11(2)27(25,26)23-9-12-3-4-13(10-23)16(12)7-18(24)17-6-15(20)5-14-8-21-22-19(14)17;17-11-7-10-8-19-20-14(10)12(13(11)18)15(21)16-4-1-9(2-5-16)3-6-16;14-7-4-6-5-18-19-10(6)8(9(7)15)11(20)13(16,17)12(21)2-1-3-12/h5-6,8,11-13,16,18,24H,3-4,7,9-10H2,1-2H3,(H,21,22);7-9,15,21H,1-6H2,(H,19,20);4-5,11,20-21H,1-3H2,(H,18,19). The molecule has 0 radical (unpaired) electrons. The Balaban J connectivity index is 0.000000130. The van der Waals surface area contributed by atoms with Gasteiger partial charge in [0.2, 0.25) is 10.0 Å². The second-order valence-electron chi connectivity index (χ2n) is 20.3. The van der Waals surface area contributed by atoms with Crippen molar-refractivity contribution in [3.63, 3.8) is 0 Å². The Morgan fingerprint density at radius 3 is 1.75 bits per heavy atom. The highest BCUT2D eigenvalue weighted by molar-refractivity contribution is 7.89. The zero-order valence-electron chi connectivity index (χ0n) is 38.0. The molecule has 12 rings (SSSR count). The first kappa shape index (κ1) is 50.4. The number of aromatic nitrogens is 6. The molecule has 6 aliphatic rings. The van der Waals surface area contributed by atoms with Crippen LogP contribution in [0.15, 0.2) is 42.9 Å². The third-order valence-electron chi connectivity index (χ3n) is 16.1. The molecule has 5 saturated carbocycles. The zero-order chi connectivity index (χ0) is 49.4. The van der Waals surface area contributed by atoms with Crippen LogP contribution in [0, 0.1) is 40.7 Å². The highest BCUT2D eigenvalue weighted by Crippen LogP contribution is 2.58. The third kappa shape index (κ3) is 9.06. The number of aromatic amines is 3. The third-order valence-corrected chi connectivity index (χ3v) is 19.1. The molecule has 4 heterocycles. The molecule has 1 aliphatic heterocycles. The average Bonchev–Trinajstić information content (AvgIpc) is 4.13. The van der Waals surface area contributed by atoms with E-state index in [0.717, 1.165) is 79.1 Å². The second kappa shape index (κ2) is 19.1. The van der Waals surface area contributed by atoms with E-state index in [-0.39, 0.29) is 34.0 Å². The summed E-state index contributed by atoms with van der Waals surface area (Å²) in [6.45, 7) is 4.62. The Morgan fingerprint density at radius 1 is 0.754 bits per heavy atom. The Bertz CT molecular complexity index is 2840. The van der Waals surface area contributed by atoms with Gasteiger partial charge in [-0.1, -0.05) is 34.8 Å². The number of benzene rings is 3. The lowest BCUT2D eigenvalue weighted by Gasteiger charge is -2.49. The van der Waals surface area contributed by atoms with Crippen LogP contribution in [0.25, 0.3) is 32.7 Å². The lowest BCUT2D eigenvalue weighted by Crippen LogP contribution is -2.56. The van der Waals surface area contributed by atoms with E-state index < -0.39 is 62.1 Å². The fourth-order valence-electron chi connectivity index (χ4n) is 11.8. The van der Waals surface area contributed by atoms with E-state index in [1.807, 2.05) is 6.07 Å². The topological polar surface area (TPSA) is 204 Å². The number of hydrogen-bond donors (Lipinski definition) is 7. The fraction of sp³-hybridized carbons (Fsp3) is 0.562. The number of nitrogens with zero attached hydrogens (tertiary/aromatic N) is 4. The fourth-order valence-corrected chi connectivity index (χ4v) is 13.9. The maximum Gasteiger partial charge on any atom is 0.305 e. The number of halogens is 7. The maximum absolute atomic E-state index is 14.6. The van der Waals surface area contributed by atoms with Crippen LogP contribution in [0.1, 0.15) is 126 Å². The van der Waals surface area contributed by atoms with Gasteiger partial charge < -0.3 is 20.4 Å². The van der Waals surface area contributed by atoms with Gasteiger partial charge >= 0.3 is 5.92 Å². The number of H-pyrrole nitrogens is 3. The summed E-state index contributed by atoms with van der Waals surface area (Å²) in [5.74, 6) is -3.81. The van der Waals surface area contributed by atoms with Gasteiger partial charge in [0.1, 0.15) is 17.2 Å². The summed E-state index contributed by atoms with van der Waals surface area (Å²) in [6, 6.07) is 6.41. The smallest absolute Gasteiger partial charge is 0.305 e. The van der Waals surface area contributed by atoms with Crippen molar-refractivity contribution in [2.45, 2.75) is 126 Å². The normalized spacial score (nSPS) is 25.8. The highest BCUT2D eigenvalue weighted by atomic mass is 35.5. The average molecular weight is 1040 g/mol. The number of aliphatic hydroxyl groups is 4. The molecular weight excluding hydrogens is 985 g/mol. The van der Waals surface area contributed by atoms with Crippen molar-refractivity contribution in [3.05, 3.63) is 86.2 Å². The first-order valence-corrected chi connectivity index (χ1v) is 26.2. The van der Waals surface area contributed by atoms with Crippen LogP contribution in [0.3, 0.4) is 0 Å². The van der Waals surface area contributed by atoms with Gasteiger partial charge in [-0.15, -0.1) is 0 Å². The molecule has 21 heteroatoms. The van der Waals surface area contributed by atoms with Crippen LogP contribution >= 0.6 is 34.8 Å². The van der Waals surface area contributed by atoms with Crippen molar-refractivity contribution in [2.24, 2.45) is 29.1 Å². The van der Waals surface area contributed by atoms with E-state index in [0.29, 0.717) is 65.2 Å². The number of aliphatic hydroxyl groups excluding tert-OH is 3. The number of nitrogens with one attached hydrogen (secondary N) is 3. The van der Waals surface area contributed by atoms with Gasteiger partial charge in [-0.25, -0.2) is 30.3 Å². The van der Waals surface area contributed by atoms with Crippen LogP contribution in [-0.4, -0.2) is 93.6 Å². The van der Waals surface area contributed by atoms with Crippen LogP contribution in [0.5, 0.6) is 0 Å². The summed E-state index contributed by atoms with van der Waals surface area (Å²) in [5, 5.41) is 63.4. The molecule has 7 N–H and O–H groups in total. The summed E-state index contributed by atoms with van der Waals surface area (Å²) >= 11 is 17.9. The Morgan fingerprint density at radius 2 is 1.25 bits per heavy atom. The van der Waals surface area contributed by atoms with E-state index in [4.69, 9.17) is 34.8 Å². The molecule has 5 unspecified atom stereocenters. The number of piperidine rings is 1. The Kier molecular flexibility index (Phi) is 13.9. The van der Waals surface area contributed by atoms with Crippen molar-refractivity contribution in [2.75, 3.05) is 13.1 Å². The van der Waals surface area contributed by atoms with Crippen LogP contribution in [-0.2, 0) is 10.0 Å². The lowest BCUT2D eigenvalue weighted by atomic mass is 9.57. The van der Waals surface area contributed by atoms with Crippen LogP contribution in [0.4, 0.5) is 17.6 Å². The summed E-state index contributed by atoms with van der Waals surface area (Å²) in [6.07, 6.45) is 9.78. The number of rotatable bonds is 10. The number of sulfonamides is 1. The van der Waals surface area contributed by atoms with E-state index in [9.17, 15) is 46.4 Å². The molecule has 69 heavy (non-hydrogen) atoms. The minimum atomic E-state index is -3.89. The van der Waals surface area contributed by atoms with Gasteiger partial charge in [0.15, 0.2) is 6.10 Å². The van der Waals surface area contributed by atoms with Gasteiger partial charge in [0.25, 0.3) is 0 Å². The minimum absolute atomic E-state index is 0.0545. The predicted molar refractivity (Wildman–Crippen MR) is 255 cm³/mol. The predicted octanol–water partition coefficient (Wildman–Crippen LogP) is 10.6. The van der Waals surface area contributed by atoms with Crippen molar-refractivity contribution in [1.29, 1.82) is 0 Å². The van der Waals surface area contributed by atoms with Crippen LogP contribution in [0.2, 0.25) is 15.1 Å². The van der Waals surface area contributed by atoms with Gasteiger partial charge in [-0.05, 0) is 139 Å². The SMILES string of the molecule is CC(C)S(=O)(=O)N1CC2CCC(C1)C2CC(O)c1cc(Cl)cc2cn[nH]c12.OC(c1c(F)c(Cl)cc2cn[nH]c12)C(F)(F)C1(O)CCC1.OC(c1c(F)c(Cl)cc2cn[nH]c12)C12CCC(CC1)CC2. The van der Waals surface area contributed by atoms with Crippen molar-refractivity contribution in [3.8, 4) is 0 Å². The molecular formula is C48H56Cl3F4N7O6S. The number of hydrogen-bond acceptors (Lipinski definition) is 9. The molecule has 5 aliphatic carbocycles. The molecule has 0 amide bonds. The lowest BCUT2D eigenvalue weighted by molar-refractivity contribution is -0.260. The molecule has 5 atom stereocenters. The first-order chi connectivity index (χ1) is 32.7. The van der Waals surface area contributed by atoms with Crippen molar-refractivity contribution in [1.82, 2.24) is 34.9 Å².